The maximum absolute atomic E-state index is 9.68. The maximum Gasteiger partial charge on any atom is 0.227 e. The molecule has 8 heteroatoms. The predicted molar refractivity (Wildman–Crippen MR) is 73.2 cm³/mol. The normalized spacial score (nSPS) is 10.8. The Bertz CT molecular complexity index is 770. The number of nitrogens with one attached hydrogen (secondary N) is 2. The minimum atomic E-state index is -0.00804. The van der Waals surface area contributed by atoms with E-state index < -0.39 is 0 Å². The largest absolute Gasteiger partial charge is 0.508 e. The van der Waals surface area contributed by atoms with Gasteiger partial charge in [-0.15, -0.1) is 0 Å². The second kappa shape index (κ2) is 4.57. The summed E-state index contributed by atoms with van der Waals surface area (Å²) in [7, 11) is 0. The fourth-order valence-corrected chi connectivity index (χ4v) is 1.81. The van der Waals surface area contributed by atoms with Gasteiger partial charge >= 0.3 is 0 Å². The van der Waals surface area contributed by atoms with Gasteiger partial charge < -0.3 is 26.2 Å². The number of nitrogens with zero attached hydrogens (tertiary/aromatic N) is 3. The maximum atomic E-state index is 9.68. The molecule has 0 aliphatic heterocycles. The van der Waals surface area contributed by atoms with E-state index in [9.17, 15) is 10.2 Å². The number of phenols is 2. The summed E-state index contributed by atoms with van der Waals surface area (Å²) in [5.41, 5.74) is 7.43. The number of aromatic hydroxyl groups is 2. The molecule has 3 aromatic rings. The topological polar surface area (TPSA) is 133 Å². The van der Waals surface area contributed by atoms with Crippen LogP contribution >= 0.6 is 0 Å². The highest BCUT2D eigenvalue weighted by Crippen LogP contribution is 2.23. The summed E-state index contributed by atoms with van der Waals surface area (Å²) in [6, 6.07) is 4.36. The molecule has 8 nitrogen and oxygen atoms in total. The third kappa shape index (κ3) is 2.14. The molecule has 0 saturated carbocycles. The lowest BCUT2D eigenvalue weighted by Crippen LogP contribution is -2.06. The van der Waals surface area contributed by atoms with E-state index in [0.717, 1.165) is 0 Å². The first-order valence-electron chi connectivity index (χ1n) is 5.85. The first-order valence-corrected chi connectivity index (χ1v) is 5.85. The van der Waals surface area contributed by atoms with Crippen LogP contribution in [-0.2, 0) is 6.54 Å². The molecule has 0 unspecified atom stereocenters. The number of rotatable bonds is 3. The standard InChI is InChI=1S/C12H12N6O2/c13-10-9-11(16-5-15-9)18-12(17-10)14-4-6-1-2-7(19)3-8(6)20/h1-3,5,19-20H,4H2,(H4,13,14,15,16,17,18). The molecule has 0 radical (unpaired) electrons. The highest BCUT2D eigenvalue weighted by Gasteiger charge is 2.08. The highest BCUT2D eigenvalue weighted by molar-refractivity contribution is 5.82. The number of nitrogens with two attached hydrogens (primary N) is 1. The molecule has 102 valence electrons. The summed E-state index contributed by atoms with van der Waals surface area (Å²) < 4.78 is 0. The molecule has 0 amide bonds. The first kappa shape index (κ1) is 12.0. The van der Waals surface area contributed by atoms with E-state index in [0.29, 0.717) is 35.0 Å². The Kier molecular flexibility index (Phi) is 2.75. The molecular formula is C12H12N6O2. The molecule has 2 heterocycles. The van der Waals surface area contributed by atoms with E-state index in [-0.39, 0.29) is 11.5 Å². The average Bonchev–Trinajstić information content (AvgIpc) is 2.86. The third-order valence-corrected chi connectivity index (χ3v) is 2.82. The van der Waals surface area contributed by atoms with Crippen molar-refractivity contribution >= 4 is 22.9 Å². The zero-order chi connectivity index (χ0) is 14.1. The molecule has 0 aliphatic rings. The van der Waals surface area contributed by atoms with Crippen LogP contribution in [-0.4, -0.2) is 30.1 Å². The van der Waals surface area contributed by atoms with E-state index in [2.05, 4.69) is 25.3 Å². The van der Waals surface area contributed by atoms with Crippen LogP contribution in [0, 0.1) is 0 Å². The van der Waals surface area contributed by atoms with E-state index in [1.807, 2.05) is 0 Å². The van der Waals surface area contributed by atoms with E-state index in [4.69, 9.17) is 5.73 Å². The highest BCUT2D eigenvalue weighted by atomic mass is 16.3. The van der Waals surface area contributed by atoms with Crippen LogP contribution in [0.3, 0.4) is 0 Å². The zero-order valence-corrected chi connectivity index (χ0v) is 10.3. The Labute approximate surface area is 113 Å². The van der Waals surface area contributed by atoms with Gasteiger partial charge in [0.1, 0.15) is 17.0 Å². The molecular weight excluding hydrogens is 260 g/mol. The lowest BCUT2D eigenvalue weighted by Gasteiger charge is -2.07. The van der Waals surface area contributed by atoms with Gasteiger partial charge in [-0.3, -0.25) is 0 Å². The SMILES string of the molecule is Nc1nc(NCc2ccc(O)cc2O)nc2nc[nH]c12. The lowest BCUT2D eigenvalue weighted by molar-refractivity contribution is 0.446. The molecule has 0 fully saturated rings. The van der Waals surface area contributed by atoms with Crippen LogP contribution in [0.5, 0.6) is 11.5 Å². The number of benzene rings is 1. The Hall–Kier alpha value is -3.03. The van der Waals surface area contributed by atoms with Crippen molar-refractivity contribution in [3.8, 4) is 11.5 Å². The van der Waals surface area contributed by atoms with Gasteiger partial charge in [0.2, 0.25) is 5.95 Å². The van der Waals surface area contributed by atoms with E-state index in [1.54, 1.807) is 6.07 Å². The van der Waals surface area contributed by atoms with Gasteiger partial charge in [-0.1, -0.05) is 0 Å². The molecule has 20 heavy (non-hydrogen) atoms. The van der Waals surface area contributed by atoms with Gasteiger partial charge in [-0.25, -0.2) is 4.98 Å². The third-order valence-electron chi connectivity index (χ3n) is 2.82. The predicted octanol–water partition coefficient (Wildman–Crippen LogP) is 0.958. The lowest BCUT2D eigenvalue weighted by atomic mass is 10.2. The van der Waals surface area contributed by atoms with Crippen molar-refractivity contribution in [2.24, 2.45) is 0 Å². The Morgan fingerprint density at radius 1 is 1.25 bits per heavy atom. The number of imidazole rings is 1. The van der Waals surface area contributed by atoms with Crippen molar-refractivity contribution in [2.45, 2.75) is 6.54 Å². The summed E-state index contributed by atoms with van der Waals surface area (Å²) in [6.07, 6.45) is 1.49. The molecule has 6 N–H and O–H groups in total. The van der Waals surface area contributed by atoms with Crippen LogP contribution in [0.25, 0.3) is 11.2 Å². The number of aromatic nitrogens is 4. The molecule has 0 atom stereocenters. The Morgan fingerprint density at radius 2 is 2.10 bits per heavy atom. The summed E-state index contributed by atoms with van der Waals surface area (Å²) >= 11 is 0. The van der Waals surface area contributed by atoms with Crippen LogP contribution < -0.4 is 11.1 Å². The van der Waals surface area contributed by atoms with E-state index in [1.165, 1.54) is 18.5 Å². The summed E-state index contributed by atoms with van der Waals surface area (Å²) in [5, 5.41) is 21.8. The summed E-state index contributed by atoms with van der Waals surface area (Å²) in [4.78, 5) is 15.1. The van der Waals surface area contributed by atoms with Crippen molar-refractivity contribution in [1.82, 2.24) is 19.9 Å². The summed E-state index contributed by atoms with van der Waals surface area (Å²) in [6.45, 7) is 0.293. The van der Waals surface area contributed by atoms with Crippen molar-refractivity contribution < 1.29 is 10.2 Å². The second-order valence-electron chi connectivity index (χ2n) is 4.20. The van der Waals surface area contributed by atoms with E-state index >= 15 is 0 Å². The smallest absolute Gasteiger partial charge is 0.227 e. The van der Waals surface area contributed by atoms with Crippen LogP contribution in [0.1, 0.15) is 5.56 Å². The minimum Gasteiger partial charge on any atom is -0.508 e. The second-order valence-corrected chi connectivity index (χ2v) is 4.20. The van der Waals surface area contributed by atoms with Crippen molar-refractivity contribution in [3.63, 3.8) is 0 Å². The van der Waals surface area contributed by atoms with Gasteiger partial charge in [0.05, 0.1) is 6.33 Å². The number of anilines is 2. The molecule has 0 aliphatic carbocycles. The Morgan fingerprint density at radius 3 is 2.90 bits per heavy atom. The first-order chi connectivity index (χ1) is 9.63. The van der Waals surface area contributed by atoms with Gasteiger partial charge in [0.25, 0.3) is 0 Å². The number of H-pyrrole nitrogens is 1. The zero-order valence-electron chi connectivity index (χ0n) is 10.3. The fraction of sp³-hybridized carbons (Fsp3) is 0.0833. The number of hydrogen-bond acceptors (Lipinski definition) is 7. The molecule has 0 saturated heterocycles. The summed E-state index contributed by atoms with van der Waals surface area (Å²) in [5.74, 6) is 0.607. The van der Waals surface area contributed by atoms with Crippen LogP contribution in [0.15, 0.2) is 24.5 Å². The average molecular weight is 272 g/mol. The molecule has 1 aromatic carbocycles. The molecule has 0 spiro atoms. The number of aromatic amines is 1. The number of hydrogen-bond donors (Lipinski definition) is 5. The number of fused-ring (bicyclic) bond motifs is 1. The fourth-order valence-electron chi connectivity index (χ4n) is 1.81. The molecule has 3 rings (SSSR count). The van der Waals surface area contributed by atoms with Crippen molar-refractivity contribution in [3.05, 3.63) is 30.1 Å². The van der Waals surface area contributed by atoms with Gasteiger partial charge in [0.15, 0.2) is 11.5 Å². The quantitative estimate of drug-likeness (QED) is 0.479. The van der Waals surface area contributed by atoms with Gasteiger partial charge in [0, 0.05) is 18.2 Å². The number of phenolic OH excluding ortho intramolecular Hbond substituents is 2. The monoisotopic (exact) mass is 272 g/mol. The minimum absolute atomic E-state index is 0.00434. The van der Waals surface area contributed by atoms with Gasteiger partial charge in [-0.05, 0) is 12.1 Å². The van der Waals surface area contributed by atoms with Crippen LogP contribution in [0.4, 0.5) is 11.8 Å². The Balaban J connectivity index is 1.82. The molecule has 0 bridgehead atoms. The van der Waals surface area contributed by atoms with Gasteiger partial charge in [-0.2, -0.15) is 9.97 Å². The van der Waals surface area contributed by atoms with Crippen molar-refractivity contribution in [1.29, 1.82) is 0 Å². The molecule has 2 aromatic heterocycles. The van der Waals surface area contributed by atoms with Crippen molar-refractivity contribution in [2.75, 3.05) is 11.1 Å². The number of nitrogen functional groups attached to an aromatic ring is 1. The van der Waals surface area contributed by atoms with Crippen LogP contribution in [0.2, 0.25) is 0 Å².